The minimum atomic E-state index is -1.87. The molecule has 0 bridgehead atoms. The molecule has 0 aliphatic carbocycles. The number of hydrogen-bond acceptors (Lipinski definition) is 20. The van der Waals surface area contributed by atoms with Crippen molar-refractivity contribution in [3.05, 3.63) is 95.1 Å². The first-order valence-electron chi connectivity index (χ1n) is 36.7. The molecular weight excluding hydrogens is 1470 g/mol. The Bertz CT molecular complexity index is 3650. The molecule has 35 heteroatoms. The molecule has 0 aromatic heterocycles. The number of aliphatic hydroxyl groups is 1. The Hall–Kier alpha value is -10.0. The second kappa shape index (κ2) is 46.5. The van der Waals surface area contributed by atoms with Gasteiger partial charge in [-0.1, -0.05) is 126 Å². The molecule has 2 aliphatic rings. The van der Waals surface area contributed by atoms with Crippen molar-refractivity contribution in [1.82, 2.24) is 68.7 Å². The SMILES string of the molecule is CCC(C)C(=O)NCc1ccc(CNC(=O)[C@H](CC(=O)O)NC(=O)[C@H](CC(C)C)NC(C)=O)cc1.CCC(C)C(=O)N[C@@H](CC(C)C)C(=O)N1CCC[C@H]1C(=O)N[C@H]1CSSC[C@@H](C)NC(=O)[C@H](C(C)O)NC(=O)CNC(=O)[C@H](Cc2ccc(O)cc2)NC(=O)[C@H](Cc2ccc(O)cc2)NC(=O)[C@H](CC(=O)O)NC1=O. The number of nitrogens with zero attached hydrogens (tertiary/aromatic N) is 1. The Balaban J connectivity index is 0.000000609. The van der Waals surface area contributed by atoms with Gasteiger partial charge in [0.1, 0.15) is 65.9 Å². The topological polar surface area (TPSA) is 505 Å². The number of carboxylic acid groups (broad SMARTS) is 2. The molecule has 3 aromatic rings. The Morgan fingerprint density at radius 3 is 1.54 bits per heavy atom. The van der Waals surface area contributed by atoms with E-state index in [-0.39, 0.29) is 97.3 Å². The zero-order valence-electron chi connectivity index (χ0n) is 64.0. The van der Waals surface area contributed by atoms with Crippen molar-refractivity contribution in [3.63, 3.8) is 0 Å². The van der Waals surface area contributed by atoms with Crippen LogP contribution < -0.4 is 63.8 Å². The fourth-order valence-corrected chi connectivity index (χ4v) is 13.8. The molecule has 13 atom stereocenters. The molecule has 3 unspecified atom stereocenters. The van der Waals surface area contributed by atoms with Gasteiger partial charge in [0.15, 0.2) is 0 Å². The predicted molar refractivity (Wildman–Crippen MR) is 409 cm³/mol. The van der Waals surface area contributed by atoms with Crippen LogP contribution in [0.25, 0.3) is 0 Å². The van der Waals surface area contributed by atoms with Gasteiger partial charge in [0, 0.05) is 68.8 Å². The van der Waals surface area contributed by atoms with Crippen LogP contribution in [0, 0.1) is 23.7 Å². The largest absolute Gasteiger partial charge is 0.508 e. The first-order chi connectivity index (χ1) is 51.9. The Kier molecular flexibility index (Phi) is 39.0. The number of likely N-dealkylation sites (tertiary alicyclic amines) is 1. The molecular formula is C75H109N13O20S2. The number of carboxylic acids is 2. The molecule has 2 fully saturated rings. The minimum Gasteiger partial charge on any atom is -0.508 e. The van der Waals surface area contributed by atoms with Gasteiger partial charge >= 0.3 is 11.9 Å². The summed E-state index contributed by atoms with van der Waals surface area (Å²) in [6, 6.07) is 5.74. The van der Waals surface area contributed by atoms with Crippen LogP contribution in [-0.4, -0.2) is 210 Å². The van der Waals surface area contributed by atoms with E-state index in [4.69, 9.17) is 0 Å². The third-order valence-corrected chi connectivity index (χ3v) is 20.4. The number of amides is 13. The minimum absolute atomic E-state index is 0.00973. The Labute approximate surface area is 648 Å². The summed E-state index contributed by atoms with van der Waals surface area (Å²) in [5, 5.41) is 80.7. The van der Waals surface area contributed by atoms with E-state index in [1.165, 1.54) is 67.3 Å². The summed E-state index contributed by atoms with van der Waals surface area (Å²) in [5.74, 6) is -12.2. The van der Waals surface area contributed by atoms with Gasteiger partial charge < -0.3 is 94.2 Å². The fraction of sp³-hybridized carbons (Fsp3) is 0.560. The second-order valence-corrected chi connectivity index (χ2v) is 30.9. The highest BCUT2D eigenvalue weighted by atomic mass is 33.1. The van der Waals surface area contributed by atoms with E-state index >= 15 is 0 Å². The molecule has 2 heterocycles. The summed E-state index contributed by atoms with van der Waals surface area (Å²) in [7, 11) is 2.23. The normalized spacial score (nSPS) is 20.7. The monoisotopic (exact) mass is 1580 g/mol. The summed E-state index contributed by atoms with van der Waals surface area (Å²) < 4.78 is 0. The Morgan fingerprint density at radius 1 is 0.545 bits per heavy atom. The molecule has 33 nitrogen and oxygen atoms in total. The van der Waals surface area contributed by atoms with Gasteiger partial charge in [0.2, 0.25) is 76.8 Å². The van der Waals surface area contributed by atoms with Crippen LogP contribution in [0.5, 0.6) is 11.5 Å². The molecule has 2 saturated heterocycles. The summed E-state index contributed by atoms with van der Waals surface area (Å²) in [6.07, 6.45) is -0.968. The van der Waals surface area contributed by atoms with Crippen LogP contribution in [0.1, 0.15) is 150 Å². The number of rotatable bonds is 29. The van der Waals surface area contributed by atoms with Gasteiger partial charge in [0.25, 0.3) is 0 Å². The summed E-state index contributed by atoms with van der Waals surface area (Å²) in [4.78, 5) is 199. The number of aromatic hydroxyl groups is 2. The van der Waals surface area contributed by atoms with Gasteiger partial charge in [-0.05, 0) is 111 Å². The molecule has 3 aromatic carbocycles. The quantitative estimate of drug-likeness (QED) is 0.0435. The van der Waals surface area contributed by atoms with Crippen LogP contribution in [0.2, 0.25) is 0 Å². The number of phenols is 2. The highest BCUT2D eigenvalue weighted by Crippen LogP contribution is 2.26. The van der Waals surface area contributed by atoms with Crippen LogP contribution in [0.3, 0.4) is 0 Å². The number of benzene rings is 3. The van der Waals surface area contributed by atoms with E-state index in [0.29, 0.717) is 36.9 Å². The fourth-order valence-electron chi connectivity index (χ4n) is 11.3. The first-order valence-corrected chi connectivity index (χ1v) is 39.2. The number of phenolic OH excluding ortho intramolecular Hbond substituents is 2. The maximum atomic E-state index is 14.4. The van der Waals surface area contributed by atoms with Gasteiger partial charge in [-0.25, -0.2) is 0 Å². The zero-order chi connectivity index (χ0) is 82.1. The van der Waals surface area contributed by atoms with Crippen LogP contribution in [-0.2, 0) is 97.8 Å². The van der Waals surface area contributed by atoms with Crippen molar-refractivity contribution >= 4 is 110 Å². The zero-order valence-corrected chi connectivity index (χ0v) is 65.7. The van der Waals surface area contributed by atoms with E-state index in [1.54, 1.807) is 26.0 Å². The lowest BCUT2D eigenvalue weighted by molar-refractivity contribution is -0.143. The lowest BCUT2D eigenvalue weighted by Gasteiger charge is -2.31. The smallest absolute Gasteiger partial charge is 0.305 e. The van der Waals surface area contributed by atoms with Gasteiger partial charge in [-0.15, -0.1) is 0 Å². The van der Waals surface area contributed by atoms with Crippen LogP contribution in [0.4, 0.5) is 0 Å². The number of hydrogen-bond donors (Lipinski definition) is 17. The van der Waals surface area contributed by atoms with E-state index in [0.717, 1.165) is 39.1 Å². The van der Waals surface area contributed by atoms with Crippen LogP contribution >= 0.6 is 21.6 Å². The van der Waals surface area contributed by atoms with Crippen LogP contribution in [0.15, 0.2) is 72.8 Å². The van der Waals surface area contributed by atoms with E-state index in [1.807, 2.05) is 60.6 Å². The molecule has 110 heavy (non-hydrogen) atoms. The number of aliphatic carboxylic acids is 2. The lowest BCUT2D eigenvalue weighted by atomic mass is 10.0. The van der Waals surface area contributed by atoms with E-state index < -0.39 is 163 Å². The van der Waals surface area contributed by atoms with Crippen molar-refractivity contribution in [3.8, 4) is 11.5 Å². The maximum absolute atomic E-state index is 14.4. The molecule has 17 N–H and O–H groups in total. The number of nitrogens with one attached hydrogen (secondary N) is 12. The average Bonchev–Trinajstić information content (AvgIpc) is 1.62. The average molecular weight is 1580 g/mol. The third-order valence-electron chi connectivity index (χ3n) is 17.8. The first kappa shape index (κ1) is 92.4. The van der Waals surface area contributed by atoms with Crippen molar-refractivity contribution in [2.75, 3.05) is 24.6 Å². The van der Waals surface area contributed by atoms with Gasteiger partial charge in [0.05, 0.1) is 25.5 Å². The molecule has 5 rings (SSSR count). The van der Waals surface area contributed by atoms with Gasteiger partial charge in [-0.2, -0.15) is 0 Å². The molecule has 13 amide bonds. The molecule has 0 saturated carbocycles. The molecule has 606 valence electrons. The van der Waals surface area contributed by atoms with E-state index in [2.05, 4.69) is 63.8 Å². The number of aliphatic hydroxyl groups excluding tert-OH is 1. The summed E-state index contributed by atoms with van der Waals surface area (Å²) >= 11 is 0. The molecule has 2 aliphatic heterocycles. The Morgan fingerprint density at radius 2 is 1.03 bits per heavy atom. The standard InChI is InChI=1S/C50H71N9O14S2.C25H38N4O6/c1-7-27(4)43(66)56-37(19-26(2)3)50(73)59-18-8-9-39(59)48(71)57-38-25-75-74-24-28(5)52-49(72)42(29(6)60)58-40(63)23-51-44(67)34(20-30-10-14-32(61)15-11-30)53-45(68)35(21-31-12-16-33(62)17-13-31)54-46(69)36(22-41(64)65)55-47(38)70;1-6-16(4)23(33)26-13-18-7-9-19(10-8-18)14-27-24(34)21(12-22(31)32)29-25(35)20(11-15(2)3)28-17(5)30/h10-17,26-29,34-39,42,60-62H,7-9,18-25H2,1-6H3,(H,51,67)(H,52,72)(H,53,68)(H,54,69)(H,55,70)(H,56,66)(H,57,71)(H,58,63)(H,64,65);7-10,15-16,20-21H,6,11-14H2,1-5H3,(H,26,33)(H,27,34)(H,28,30)(H,29,35)(H,31,32)/t27?,28-,29?,34+,35+,36+,37+,38+,39+,42+;16?,20-,21-/m10/s1. The third kappa shape index (κ3) is 32.7. The van der Waals surface area contributed by atoms with Crippen molar-refractivity contribution < 1.29 is 97.5 Å². The highest BCUT2D eigenvalue weighted by molar-refractivity contribution is 8.76. The van der Waals surface area contributed by atoms with Crippen molar-refractivity contribution in [2.24, 2.45) is 23.7 Å². The molecule has 0 radical (unpaired) electrons. The van der Waals surface area contributed by atoms with Gasteiger partial charge in [-0.3, -0.25) is 71.9 Å². The number of carbonyl (C=O) groups is 15. The van der Waals surface area contributed by atoms with Crippen molar-refractivity contribution in [1.29, 1.82) is 0 Å². The summed E-state index contributed by atoms with van der Waals surface area (Å²) in [6.45, 7) is 19.1. The lowest BCUT2D eigenvalue weighted by Crippen LogP contribution is -2.60. The summed E-state index contributed by atoms with van der Waals surface area (Å²) in [5.41, 5.74) is 2.50. The van der Waals surface area contributed by atoms with E-state index in [9.17, 15) is 97.5 Å². The molecule has 0 spiro atoms. The predicted octanol–water partition coefficient (Wildman–Crippen LogP) is 1.22. The maximum Gasteiger partial charge on any atom is 0.305 e. The highest BCUT2D eigenvalue weighted by Gasteiger charge is 2.41. The van der Waals surface area contributed by atoms with Crippen molar-refractivity contribution in [2.45, 2.75) is 220 Å². The second-order valence-electron chi connectivity index (χ2n) is 28.4. The number of carbonyl (C=O) groups excluding carboxylic acids is 13.